The summed E-state index contributed by atoms with van der Waals surface area (Å²) >= 11 is 6.02. The van der Waals surface area contributed by atoms with Crippen molar-refractivity contribution in [3.63, 3.8) is 0 Å². The molecule has 0 radical (unpaired) electrons. The van der Waals surface area contributed by atoms with Crippen molar-refractivity contribution < 1.29 is 18.7 Å². The fraction of sp³-hybridized carbons (Fsp3) is 0.182. The second kappa shape index (κ2) is 8.01. The number of methoxy groups -OCH3 is 2. The van der Waals surface area contributed by atoms with Gasteiger partial charge in [0.25, 0.3) is 5.91 Å². The van der Waals surface area contributed by atoms with Crippen LogP contribution in [0.25, 0.3) is 22.0 Å². The average molecular weight is 411 g/mol. The molecule has 1 N–H and O–H groups in total. The maximum absolute atomic E-state index is 12.5. The van der Waals surface area contributed by atoms with E-state index < -0.39 is 0 Å². The third kappa shape index (κ3) is 3.98. The van der Waals surface area contributed by atoms with Gasteiger partial charge >= 0.3 is 0 Å². The van der Waals surface area contributed by atoms with Gasteiger partial charge < -0.3 is 19.2 Å². The summed E-state index contributed by atoms with van der Waals surface area (Å²) in [5, 5.41) is 5.17. The molecule has 1 amide bonds. The van der Waals surface area contributed by atoms with Crippen molar-refractivity contribution in [1.29, 1.82) is 0 Å². The summed E-state index contributed by atoms with van der Waals surface area (Å²) in [7, 11) is 3.21. The van der Waals surface area contributed by atoms with E-state index in [4.69, 9.17) is 25.5 Å². The van der Waals surface area contributed by atoms with Crippen LogP contribution in [0.3, 0.4) is 0 Å². The number of carbonyl (C=O) groups excluding carboxylic acids is 1. The molecule has 148 valence electrons. The van der Waals surface area contributed by atoms with Gasteiger partial charge in [-0.3, -0.25) is 4.79 Å². The van der Waals surface area contributed by atoms with Crippen LogP contribution in [0, 0.1) is 0 Å². The Labute approximate surface area is 172 Å². The molecule has 6 nitrogen and oxygen atoms in total. The third-order valence-electron chi connectivity index (χ3n) is 4.66. The third-order valence-corrected chi connectivity index (χ3v) is 4.90. The van der Waals surface area contributed by atoms with Gasteiger partial charge in [-0.25, -0.2) is 4.98 Å². The van der Waals surface area contributed by atoms with E-state index >= 15 is 0 Å². The van der Waals surface area contributed by atoms with Gasteiger partial charge in [0.05, 0.1) is 19.7 Å². The maximum atomic E-state index is 12.5. The molecule has 0 unspecified atom stereocenters. The molecule has 0 saturated carbocycles. The highest BCUT2D eigenvalue weighted by atomic mass is 35.5. The number of hydrogen-bond donors (Lipinski definition) is 1. The minimum absolute atomic E-state index is 0.218. The van der Waals surface area contributed by atoms with Crippen LogP contribution in [0.2, 0.25) is 5.02 Å². The molecule has 7 heteroatoms. The zero-order valence-electron chi connectivity index (χ0n) is 16.0. The van der Waals surface area contributed by atoms with Gasteiger partial charge in [0, 0.05) is 28.4 Å². The van der Waals surface area contributed by atoms with Crippen LogP contribution in [0.1, 0.15) is 16.1 Å². The number of ether oxygens (including phenoxy) is 2. The Hall–Kier alpha value is -3.25. The number of benzene rings is 2. The molecule has 4 aromatic rings. The molecule has 0 aliphatic rings. The van der Waals surface area contributed by atoms with Crippen LogP contribution in [-0.2, 0) is 6.42 Å². The monoisotopic (exact) mass is 410 g/mol. The fourth-order valence-electron chi connectivity index (χ4n) is 3.17. The number of rotatable bonds is 6. The highest BCUT2D eigenvalue weighted by Crippen LogP contribution is 2.26. The molecule has 0 fully saturated rings. The summed E-state index contributed by atoms with van der Waals surface area (Å²) in [6.45, 7) is 0.434. The summed E-state index contributed by atoms with van der Waals surface area (Å²) in [6, 6.07) is 14.7. The summed E-state index contributed by atoms with van der Waals surface area (Å²) in [5.74, 6) is 1.36. The molecule has 2 heterocycles. The van der Waals surface area contributed by atoms with E-state index in [9.17, 15) is 4.79 Å². The van der Waals surface area contributed by atoms with Gasteiger partial charge in [-0.2, -0.15) is 0 Å². The number of aromatic nitrogens is 1. The first kappa shape index (κ1) is 19.1. The van der Waals surface area contributed by atoms with E-state index in [0.29, 0.717) is 23.7 Å². The van der Waals surface area contributed by atoms with Crippen LogP contribution in [-0.4, -0.2) is 31.7 Å². The van der Waals surface area contributed by atoms with Crippen LogP contribution in [0.5, 0.6) is 11.5 Å². The highest BCUT2D eigenvalue weighted by molar-refractivity contribution is 6.31. The van der Waals surface area contributed by atoms with Crippen molar-refractivity contribution in [1.82, 2.24) is 10.3 Å². The molecule has 2 aromatic carbocycles. The van der Waals surface area contributed by atoms with Crippen LogP contribution in [0.4, 0.5) is 0 Å². The zero-order valence-corrected chi connectivity index (χ0v) is 16.7. The quantitative estimate of drug-likeness (QED) is 0.502. The van der Waals surface area contributed by atoms with Gasteiger partial charge in [-0.05, 0) is 42.3 Å². The topological polar surface area (TPSA) is 73.6 Å². The summed E-state index contributed by atoms with van der Waals surface area (Å²) in [6.07, 6.45) is 0.611. The molecule has 29 heavy (non-hydrogen) atoms. The van der Waals surface area contributed by atoms with Crippen LogP contribution >= 0.6 is 11.6 Å². The SMILES string of the molecule is COc1ccc(CCNC(=O)c2cc3cc4ccc(Cl)cc4nc3o2)c(OC)c1. The van der Waals surface area contributed by atoms with Crippen molar-refractivity contribution >= 4 is 39.5 Å². The lowest BCUT2D eigenvalue weighted by Gasteiger charge is -2.10. The first-order valence-electron chi connectivity index (χ1n) is 9.06. The number of hydrogen-bond acceptors (Lipinski definition) is 5. The lowest BCUT2D eigenvalue weighted by Crippen LogP contribution is -2.25. The van der Waals surface area contributed by atoms with Gasteiger partial charge in [0.1, 0.15) is 11.5 Å². The normalized spacial score (nSPS) is 11.0. The second-order valence-corrected chi connectivity index (χ2v) is 6.95. The number of nitrogens with one attached hydrogen (secondary N) is 1. The summed E-state index contributed by atoms with van der Waals surface area (Å²) in [5.41, 5.74) is 2.10. The fourth-order valence-corrected chi connectivity index (χ4v) is 3.33. The number of amides is 1. The summed E-state index contributed by atoms with van der Waals surface area (Å²) in [4.78, 5) is 17.0. The van der Waals surface area contributed by atoms with Crippen LogP contribution in [0.15, 0.2) is 52.9 Å². The van der Waals surface area contributed by atoms with Gasteiger partial charge in [-0.1, -0.05) is 23.7 Å². The molecule has 0 bridgehead atoms. The first-order chi connectivity index (χ1) is 14.1. The zero-order chi connectivity index (χ0) is 20.4. The van der Waals surface area contributed by atoms with Crippen molar-refractivity contribution in [2.45, 2.75) is 6.42 Å². The van der Waals surface area contributed by atoms with Crippen LogP contribution < -0.4 is 14.8 Å². The highest BCUT2D eigenvalue weighted by Gasteiger charge is 2.14. The Kier molecular flexibility index (Phi) is 5.27. The number of carbonyl (C=O) groups is 1. The molecule has 0 saturated heterocycles. The standard InChI is InChI=1S/C22H19ClN2O4/c1-27-17-6-4-13(19(12-17)28-2)7-8-24-21(26)20-10-15-9-14-3-5-16(23)11-18(14)25-22(15)29-20/h3-6,9-12H,7-8H2,1-2H3,(H,24,26). The van der Waals surface area contributed by atoms with Crippen molar-refractivity contribution in [3.05, 3.63) is 64.9 Å². The predicted octanol–water partition coefficient (Wildman–Crippen LogP) is 4.62. The molecular weight excluding hydrogens is 392 g/mol. The number of nitrogens with zero attached hydrogens (tertiary/aromatic N) is 1. The van der Waals surface area contributed by atoms with E-state index in [-0.39, 0.29) is 11.7 Å². The van der Waals surface area contributed by atoms with Gasteiger partial charge in [-0.15, -0.1) is 0 Å². The summed E-state index contributed by atoms with van der Waals surface area (Å²) < 4.78 is 16.2. The number of furan rings is 1. The number of pyridine rings is 1. The van der Waals surface area contributed by atoms with Gasteiger partial charge in [0.15, 0.2) is 5.76 Å². The largest absolute Gasteiger partial charge is 0.497 e. The van der Waals surface area contributed by atoms with E-state index in [0.717, 1.165) is 33.4 Å². The van der Waals surface area contributed by atoms with Gasteiger partial charge in [0.2, 0.25) is 5.71 Å². The van der Waals surface area contributed by atoms with E-state index in [1.807, 2.05) is 30.3 Å². The smallest absolute Gasteiger partial charge is 0.287 e. The van der Waals surface area contributed by atoms with E-state index in [1.54, 1.807) is 32.4 Å². The maximum Gasteiger partial charge on any atom is 0.287 e. The molecular formula is C22H19ClN2O4. The number of halogens is 1. The Bertz CT molecular complexity index is 1200. The lowest BCUT2D eigenvalue weighted by atomic mass is 10.1. The average Bonchev–Trinajstić information content (AvgIpc) is 3.15. The molecule has 2 aromatic heterocycles. The van der Waals surface area contributed by atoms with Crippen molar-refractivity contribution in [2.75, 3.05) is 20.8 Å². The minimum atomic E-state index is -0.294. The van der Waals surface area contributed by atoms with E-state index in [2.05, 4.69) is 10.3 Å². The molecule has 4 rings (SSSR count). The van der Waals surface area contributed by atoms with E-state index in [1.165, 1.54) is 0 Å². The molecule has 0 aliphatic heterocycles. The lowest BCUT2D eigenvalue weighted by molar-refractivity contribution is 0.0928. The predicted molar refractivity (Wildman–Crippen MR) is 112 cm³/mol. The van der Waals surface area contributed by atoms with Crippen molar-refractivity contribution in [2.24, 2.45) is 0 Å². The van der Waals surface area contributed by atoms with Crippen molar-refractivity contribution in [3.8, 4) is 11.5 Å². The first-order valence-corrected chi connectivity index (χ1v) is 9.44. The Morgan fingerprint density at radius 2 is 1.93 bits per heavy atom. The number of fused-ring (bicyclic) bond motifs is 2. The Morgan fingerprint density at radius 3 is 2.72 bits per heavy atom. The Morgan fingerprint density at radius 1 is 1.07 bits per heavy atom. The second-order valence-electron chi connectivity index (χ2n) is 6.51. The minimum Gasteiger partial charge on any atom is -0.497 e. The molecule has 0 aliphatic carbocycles. The Balaban J connectivity index is 1.47. The molecule has 0 spiro atoms. The molecule has 0 atom stereocenters.